The van der Waals surface area contributed by atoms with Gasteiger partial charge in [0, 0.05) is 16.5 Å². The minimum absolute atomic E-state index is 0.319. The molecule has 1 N–H and O–H groups in total. The molecule has 5 nitrogen and oxygen atoms in total. The van der Waals surface area contributed by atoms with Gasteiger partial charge in [0.15, 0.2) is 5.58 Å². The predicted molar refractivity (Wildman–Crippen MR) is 111 cm³/mol. The van der Waals surface area contributed by atoms with Gasteiger partial charge in [0.05, 0.1) is 6.04 Å². The topological polar surface area (TPSA) is 64.4 Å². The highest BCUT2D eigenvalue weighted by molar-refractivity contribution is 6.31. The lowest BCUT2D eigenvalue weighted by molar-refractivity contribution is 0.0499. The summed E-state index contributed by atoms with van der Waals surface area (Å²) in [5, 5.41) is 8.58. The number of rotatable bonds is 6. The maximum absolute atomic E-state index is 12.4. The van der Waals surface area contributed by atoms with Gasteiger partial charge in [-0.05, 0) is 57.7 Å². The van der Waals surface area contributed by atoms with Gasteiger partial charge in [0.1, 0.15) is 11.3 Å². The zero-order valence-electron chi connectivity index (χ0n) is 16.4. The molecule has 1 unspecified atom stereocenters. The molecule has 0 aliphatic heterocycles. The second kappa shape index (κ2) is 8.65. The van der Waals surface area contributed by atoms with Crippen LogP contribution in [0.15, 0.2) is 53.1 Å². The van der Waals surface area contributed by atoms with Gasteiger partial charge < -0.3 is 14.6 Å². The van der Waals surface area contributed by atoms with Crippen molar-refractivity contribution in [2.45, 2.75) is 51.7 Å². The lowest BCUT2D eigenvalue weighted by atomic mass is 10.0. The Labute approximate surface area is 170 Å². The predicted octanol–water partition coefficient (Wildman–Crippen LogP) is 6.07. The molecule has 0 radical (unpaired) electrons. The molecule has 0 saturated carbocycles. The number of amides is 1. The summed E-state index contributed by atoms with van der Waals surface area (Å²) in [5.74, 6) is 0. The fraction of sp³-hybridized carbons (Fsp3) is 0.364. The van der Waals surface area contributed by atoms with Crippen LogP contribution in [0.3, 0.4) is 0 Å². The van der Waals surface area contributed by atoms with Crippen molar-refractivity contribution in [1.82, 2.24) is 10.5 Å². The Bertz CT molecular complexity index is 932. The van der Waals surface area contributed by atoms with Crippen LogP contribution in [0.1, 0.15) is 50.9 Å². The fourth-order valence-electron chi connectivity index (χ4n) is 3.06. The molecule has 1 atom stereocenters. The molecule has 0 fully saturated rings. The van der Waals surface area contributed by atoms with Crippen LogP contribution < -0.4 is 5.32 Å². The highest BCUT2D eigenvalue weighted by Crippen LogP contribution is 2.29. The molecule has 1 heterocycles. The highest BCUT2D eigenvalue weighted by atomic mass is 35.5. The number of benzene rings is 2. The molecule has 1 amide bonds. The van der Waals surface area contributed by atoms with Crippen molar-refractivity contribution >= 4 is 28.7 Å². The van der Waals surface area contributed by atoms with Gasteiger partial charge in [-0.3, -0.25) is 0 Å². The number of fused-ring (bicyclic) bond motifs is 1. The van der Waals surface area contributed by atoms with E-state index in [2.05, 4.69) is 22.6 Å². The Kier molecular flexibility index (Phi) is 6.25. The first-order valence-electron chi connectivity index (χ1n) is 9.40. The van der Waals surface area contributed by atoms with Gasteiger partial charge in [-0.15, -0.1) is 0 Å². The summed E-state index contributed by atoms with van der Waals surface area (Å²) in [7, 11) is 0. The monoisotopic (exact) mass is 400 g/mol. The van der Waals surface area contributed by atoms with Gasteiger partial charge in [-0.25, -0.2) is 4.79 Å². The number of hydrogen-bond acceptors (Lipinski definition) is 4. The molecule has 3 aromatic rings. The van der Waals surface area contributed by atoms with Gasteiger partial charge in [-0.1, -0.05) is 47.1 Å². The molecule has 148 valence electrons. The first kappa shape index (κ1) is 20.2. The number of nitrogens with one attached hydrogen (secondary N) is 1. The van der Waals surface area contributed by atoms with E-state index in [4.69, 9.17) is 20.9 Å². The van der Waals surface area contributed by atoms with Crippen molar-refractivity contribution in [3.05, 3.63) is 64.8 Å². The van der Waals surface area contributed by atoms with Crippen LogP contribution in [-0.2, 0) is 11.2 Å². The van der Waals surface area contributed by atoms with E-state index in [0.29, 0.717) is 22.7 Å². The number of aryl methyl sites for hydroxylation is 1. The summed E-state index contributed by atoms with van der Waals surface area (Å²) >= 11 is 6.04. The number of carbonyl (C=O) groups excluding carboxylic acids is 1. The summed E-state index contributed by atoms with van der Waals surface area (Å²) in [6, 6.07) is 15.3. The van der Waals surface area contributed by atoms with E-state index in [0.717, 1.165) is 18.2 Å². The number of halogens is 1. The van der Waals surface area contributed by atoms with Crippen molar-refractivity contribution in [3.63, 3.8) is 0 Å². The SMILES string of the molecule is CC(C)(C)OC(=O)NC(CCCc1ccccc1)c1noc2cc(Cl)ccc12. The Morgan fingerprint density at radius 2 is 1.96 bits per heavy atom. The van der Waals surface area contributed by atoms with Crippen LogP contribution in [0, 0.1) is 0 Å². The van der Waals surface area contributed by atoms with E-state index < -0.39 is 11.7 Å². The van der Waals surface area contributed by atoms with Crippen LogP contribution >= 0.6 is 11.6 Å². The van der Waals surface area contributed by atoms with Crippen LogP contribution in [0.5, 0.6) is 0 Å². The summed E-state index contributed by atoms with van der Waals surface area (Å²) in [6.07, 6.45) is 2.03. The quantitative estimate of drug-likeness (QED) is 0.545. The molecule has 3 rings (SSSR count). The average Bonchev–Trinajstić information content (AvgIpc) is 3.03. The molecular weight excluding hydrogens is 376 g/mol. The first-order valence-corrected chi connectivity index (χ1v) is 9.78. The third kappa shape index (κ3) is 5.49. The zero-order chi connectivity index (χ0) is 20.1. The van der Waals surface area contributed by atoms with E-state index in [9.17, 15) is 4.79 Å². The molecule has 28 heavy (non-hydrogen) atoms. The summed E-state index contributed by atoms with van der Waals surface area (Å²) in [4.78, 5) is 12.4. The molecule has 0 aliphatic rings. The van der Waals surface area contributed by atoms with Crippen LogP contribution in [0.25, 0.3) is 11.0 Å². The first-order chi connectivity index (χ1) is 13.3. The minimum atomic E-state index is -0.571. The lowest BCUT2D eigenvalue weighted by Gasteiger charge is -2.23. The smallest absolute Gasteiger partial charge is 0.408 e. The van der Waals surface area contributed by atoms with Crippen LogP contribution in [-0.4, -0.2) is 16.9 Å². The number of carbonyl (C=O) groups is 1. The summed E-state index contributed by atoms with van der Waals surface area (Å²) < 4.78 is 10.9. The van der Waals surface area contributed by atoms with E-state index in [1.54, 1.807) is 12.1 Å². The van der Waals surface area contributed by atoms with E-state index in [1.807, 2.05) is 45.0 Å². The van der Waals surface area contributed by atoms with Crippen LogP contribution in [0.2, 0.25) is 5.02 Å². The number of ether oxygens (including phenoxy) is 1. The molecule has 0 bridgehead atoms. The Balaban J connectivity index is 1.77. The Morgan fingerprint density at radius 1 is 1.21 bits per heavy atom. The Hall–Kier alpha value is -2.53. The fourth-order valence-corrected chi connectivity index (χ4v) is 3.23. The molecule has 0 saturated heterocycles. The second-order valence-electron chi connectivity index (χ2n) is 7.78. The number of hydrogen-bond donors (Lipinski definition) is 1. The molecular formula is C22H25ClN2O3. The molecule has 2 aromatic carbocycles. The van der Waals surface area contributed by atoms with Gasteiger partial charge in [-0.2, -0.15) is 0 Å². The van der Waals surface area contributed by atoms with Gasteiger partial charge >= 0.3 is 6.09 Å². The van der Waals surface area contributed by atoms with Crippen LogP contribution in [0.4, 0.5) is 4.79 Å². The van der Waals surface area contributed by atoms with Crippen molar-refractivity contribution in [1.29, 1.82) is 0 Å². The standard InChI is InChI=1S/C22H25ClN2O3/c1-22(2,3)27-21(26)24-18(11-7-10-15-8-5-4-6-9-15)20-17-13-12-16(23)14-19(17)28-25-20/h4-6,8-9,12-14,18H,7,10-11H2,1-3H3,(H,24,26). The highest BCUT2D eigenvalue weighted by Gasteiger charge is 2.24. The van der Waals surface area contributed by atoms with Gasteiger partial charge in [0.25, 0.3) is 0 Å². The van der Waals surface area contributed by atoms with Crippen molar-refractivity contribution in [2.24, 2.45) is 0 Å². The van der Waals surface area contributed by atoms with Crippen molar-refractivity contribution in [3.8, 4) is 0 Å². The molecule has 1 aromatic heterocycles. The second-order valence-corrected chi connectivity index (χ2v) is 8.22. The third-order valence-electron chi connectivity index (χ3n) is 4.28. The minimum Gasteiger partial charge on any atom is -0.444 e. The third-order valence-corrected chi connectivity index (χ3v) is 4.52. The van der Waals surface area contributed by atoms with Gasteiger partial charge in [0.2, 0.25) is 0 Å². The van der Waals surface area contributed by atoms with Crippen molar-refractivity contribution in [2.75, 3.05) is 0 Å². The van der Waals surface area contributed by atoms with E-state index >= 15 is 0 Å². The number of aromatic nitrogens is 1. The average molecular weight is 401 g/mol. The number of alkyl carbamates (subject to hydrolysis) is 1. The molecule has 0 spiro atoms. The summed E-state index contributed by atoms with van der Waals surface area (Å²) in [6.45, 7) is 5.51. The number of nitrogens with zero attached hydrogens (tertiary/aromatic N) is 1. The maximum atomic E-state index is 12.4. The van der Waals surface area contributed by atoms with E-state index in [1.165, 1.54) is 5.56 Å². The summed E-state index contributed by atoms with van der Waals surface area (Å²) in [5.41, 5.74) is 1.97. The molecule has 6 heteroatoms. The normalized spacial score (nSPS) is 12.7. The van der Waals surface area contributed by atoms with E-state index in [-0.39, 0.29) is 6.04 Å². The Morgan fingerprint density at radius 3 is 2.68 bits per heavy atom. The maximum Gasteiger partial charge on any atom is 0.408 e. The lowest BCUT2D eigenvalue weighted by Crippen LogP contribution is -2.35. The van der Waals surface area contributed by atoms with Crippen molar-refractivity contribution < 1.29 is 14.1 Å². The molecule has 0 aliphatic carbocycles. The zero-order valence-corrected chi connectivity index (χ0v) is 17.1. The largest absolute Gasteiger partial charge is 0.444 e.